The Bertz CT molecular complexity index is 871. The number of carbonyl (C=O) groups is 2. The molecule has 1 aliphatic heterocycles. The maximum atomic E-state index is 13.2. The number of carbonyl (C=O) groups excluding carboxylic acids is 2. The number of amides is 2. The molecule has 3 N–H and O–H groups in total. The van der Waals surface area contributed by atoms with E-state index in [2.05, 4.69) is 22.5 Å². The van der Waals surface area contributed by atoms with Crippen LogP contribution in [0.4, 0.5) is 10.1 Å². The highest BCUT2D eigenvalue weighted by molar-refractivity contribution is 5.93. The molecule has 3 rings (SSSR count). The molecule has 2 atom stereocenters. The van der Waals surface area contributed by atoms with Gasteiger partial charge in [-0.05, 0) is 54.8 Å². The Labute approximate surface area is 182 Å². The fourth-order valence-electron chi connectivity index (χ4n) is 3.87. The van der Waals surface area contributed by atoms with E-state index in [0.717, 1.165) is 18.4 Å². The Morgan fingerprint density at radius 2 is 1.68 bits per heavy atom. The number of anilines is 1. The van der Waals surface area contributed by atoms with Gasteiger partial charge >= 0.3 is 0 Å². The third kappa shape index (κ3) is 6.79. The molecular weight excluding hydrogens is 397 g/mol. The minimum atomic E-state index is -0.363. The van der Waals surface area contributed by atoms with E-state index < -0.39 is 0 Å². The first-order valence-corrected chi connectivity index (χ1v) is 10.8. The fourth-order valence-corrected chi connectivity index (χ4v) is 3.87. The van der Waals surface area contributed by atoms with Gasteiger partial charge in [-0.2, -0.15) is 0 Å². The SMILES string of the molecule is CCCCNC(=O)[C@H]1C[C@@H](C(=O)Nc2ccc(F)cc2)CN(Cc2ccc(O)cc2)C1. The summed E-state index contributed by atoms with van der Waals surface area (Å²) in [5.74, 6) is -1.01. The molecule has 1 saturated heterocycles. The predicted octanol–water partition coefficient (Wildman–Crippen LogP) is 3.52. The van der Waals surface area contributed by atoms with Crippen LogP contribution in [0.1, 0.15) is 31.7 Å². The van der Waals surface area contributed by atoms with E-state index >= 15 is 0 Å². The van der Waals surface area contributed by atoms with Gasteiger partial charge in [-0.3, -0.25) is 14.5 Å². The molecule has 2 amide bonds. The number of hydrogen-bond acceptors (Lipinski definition) is 4. The lowest BCUT2D eigenvalue weighted by Gasteiger charge is -2.36. The number of piperidine rings is 1. The van der Waals surface area contributed by atoms with Crippen molar-refractivity contribution in [3.05, 3.63) is 59.9 Å². The zero-order valence-electron chi connectivity index (χ0n) is 17.8. The molecule has 7 heteroatoms. The van der Waals surface area contributed by atoms with Crippen molar-refractivity contribution in [1.29, 1.82) is 0 Å². The number of phenols is 1. The van der Waals surface area contributed by atoms with E-state index in [0.29, 0.717) is 38.3 Å². The molecule has 0 bridgehead atoms. The summed E-state index contributed by atoms with van der Waals surface area (Å²) in [6.45, 7) is 4.38. The molecule has 0 unspecified atom stereocenters. The van der Waals surface area contributed by atoms with Gasteiger partial charge in [0.25, 0.3) is 0 Å². The molecule has 0 aromatic heterocycles. The van der Waals surface area contributed by atoms with Crippen molar-refractivity contribution in [3.8, 4) is 5.75 Å². The molecule has 0 spiro atoms. The van der Waals surface area contributed by atoms with Gasteiger partial charge in [0.15, 0.2) is 0 Å². The number of likely N-dealkylation sites (tertiary alicyclic amines) is 1. The number of nitrogens with one attached hydrogen (secondary N) is 2. The van der Waals surface area contributed by atoms with Crippen LogP contribution in [0.2, 0.25) is 0 Å². The zero-order valence-corrected chi connectivity index (χ0v) is 17.8. The van der Waals surface area contributed by atoms with E-state index in [4.69, 9.17) is 0 Å². The summed E-state index contributed by atoms with van der Waals surface area (Å²) < 4.78 is 13.2. The average Bonchev–Trinajstić information content (AvgIpc) is 2.77. The smallest absolute Gasteiger partial charge is 0.228 e. The minimum Gasteiger partial charge on any atom is -0.508 e. The third-order valence-corrected chi connectivity index (χ3v) is 5.55. The molecule has 1 fully saturated rings. The molecule has 2 aromatic carbocycles. The number of phenolic OH excluding ortho intramolecular Hbond substituents is 1. The van der Waals surface area contributed by atoms with Crippen molar-refractivity contribution in [2.24, 2.45) is 11.8 Å². The summed E-state index contributed by atoms with van der Waals surface area (Å²) in [6.07, 6.45) is 2.39. The van der Waals surface area contributed by atoms with Crippen LogP contribution < -0.4 is 10.6 Å². The first-order chi connectivity index (χ1) is 14.9. The normalized spacial score (nSPS) is 19.0. The van der Waals surface area contributed by atoms with Crippen molar-refractivity contribution in [2.75, 3.05) is 25.0 Å². The molecule has 1 aliphatic rings. The van der Waals surface area contributed by atoms with Crippen molar-refractivity contribution in [2.45, 2.75) is 32.7 Å². The van der Waals surface area contributed by atoms with Crippen molar-refractivity contribution >= 4 is 17.5 Å². The van der Waals surface area contributed by atoms with Crippen LogP contribution in [0, 0.1) is 17.7 Å². The van der Waals surface area contributed by atoms with Crippen LogP contribution in [0.5, 0.6) is 5.75 Å². The predicted molar refractivity (Wildman–Crippen MR) is 118 cm³/mol. The van der Waals surface area contributed by atoms with Crippen molar-refractivity contribution in [1.82, 2.24) is 10.2 Å². The summed E-state index contributed by atoms with van der Waals surface area (Å²) in [4.78, 5) is 27.8. The molecule has 0 saturated carbocycles. The molecule has 31 heavy (non-hydrogen) atoms. The quantitative estimate of drug-likeness (QED) is 0.563. The first kappa shape index (κ1) is 22.7. The first-order valence-electron chi connectivity index (χ1n) is 10.8. The van der Waals surface area contributed by atoms with Gasteiger partial charge in [0.1, 0.15) is 11.6 Å². The number of rotatable bonds is 8. The van der Waals surface area contributed by atoms with Crippen LogP contribution >= 0.6 is 0 Å². The lowest BCUT2D eigenvalue weighted by molar-refractivity contribution is -0.130. The molecule has 6 nitrogen and oxygen atoms in total. The number of hydrogen-bond donors (Lipinski definition) is 3. The van der Waals surface area contributed by atoms with Crippen molar-refractivity contribution < 1.29 is 19.1 Å². The molecular formula is C24H30FN3O3. The van der Waals surface area contributed by atoms with Crippen LogP contribution in [0.15, 0.2) is 48.5 Å². The van der Waals surface area contributed by atoms with Gasteiger partial charge in [-0.25, -0.2) is 4.39 Å². The second kappa shape index (κ2) is 10.9. The van der Waals surface area contributed by atoms with E-state index in [-0.39, 0.29) is 35.2 Å². The average molecular weight is 428 g/mol. The summed E-state index contributed by atoms with van der Waals surface area (Å²) in [6, 6.07) is 12.6. The molecule has 0 aliphatic carbocycles. The zero-order chi connectivity index (χ0) is 22.2. The minimum absolute atomic E-state index is 0.0246. The maximum Gasteiger partial charge on any atom is 0.228 e. The van der Waals surface area contributed by atoms with Crippen molar-refractivity contribution in [3.63, 3.8) is 0 Å². The number of nitrogens with zero attached hydrogens (tertiary/aromatic N) is 1. The maximum absolute atomic E-state index is 13.2. The van der Waals surface area contributed by atoms with Gasteiger partial charge in [-0.15, -0.1) is 0 Å². The summed E-state index contributed by atoms with van der Waals surface area (Å²) in [5, 5.41) is 15.3. The fraction of sp³-hybridized carbons (Fsp3) is 0.417. The van der Waals surface area contributed by atoms with Gasteiger partial charge in [0, 0.05) is 31.9 Å². The number of aromatic hydroxyl groups is 1. The second-order valence-electron chi connectivity index (χ2n) is 8.13. The van der Waals surface area contributed by atoms with Gasteiger partial charge < -0.3 is 15.7 Å². The van der Waals surface area contributed by atoms with Gasteiger partial charge in [0.2, 0.25) is 11.8 Å². The Balaban J connectivity index is 1.70. The molecule has 166 valence electrons. The van der Waals surface area contributed by atoms with Crippen LogP contribution in [-0.2, 0) is 16.1 Å². The highest BCUT2D eigenvalue weighted by Crippen LogP contribution is 2.26. The molecule has 0 radical (unpaired) electrons. The highest BCUT2D eigenvalue weighted by Gasteiger charge is 2.35. The number of benzene rings is 2. The Morgan fingerprint density at radius 3 is 2.32 bits per heavy atom. The monoisotopic (exact) mass is 427 g/mol. The third-order valence-electron chi connectivity index (χ3n) is 5.55. The lowest BCUT2D eigenvalue weighted by atomic mass is 9.87. The summed E-state index contributed by atoms with van der Waals surface area (Å²) in [5.41, 5.74) is 1.54. The topological polar surface area (TPSA) is 81.7 Å². The van der Waals surface area contributed by atoms with Crippen LogP contribution in [0.3, 0.4) is 0 Å². The lowest BCUT2D eigenvalue weighted by Crippen LogP contribution is -2.49. The van der Waals surface area contributed by atoms with Crippen LogP contribution in [-0.4, -0.2) is 41.5 Å². The van der Waals surface area contributed by atoms with Crippen LogP contribution in [0.25, 0.3) is 0 Å². The molecule has 2 aromatic rings. The Hall–Kier alpha value is -2.93. The summed E-state index contributed by atoms with van der Waals surface area (Å²) >= 11 is 0. The van der Waals surface area contributed by atoms with E-state index in [1.165, 1.54) is 24.3 Å². The second-order valence-corrected chi connectivity index (χ2v) is 8.13. The largest absolute Gasteiger partial charge is 0.508 e. The Morgan fingerprint density at radius 1 is 1.03 bits per heavy atom. The van der Waals surface area contributed by atoms with Gasteiger partial charge in [0.05, 0.1) is 11.8 Å². The number of halogens is 1. The van der Waals surface area contributed by atoms with E-state index in [9.17, 15) is 19.1 Å². The molecule has 1 heterocycles. The van der Waals surface area contributed by atoms with Gasteiger partial charge in [-0.1, -0.05) is 25.5 Å². The Kier molecular flexibility index (Phi) is 8.00. The van der Waals surface area contributed by atoms with E-state index in [1.54, 1.807) is 12.1 Å². The summed E-state index contributed by atoms with van der Waals surface area (Å²) in [7, 11) is 0. The standard InChI is InChI=1S/C24H30FN3O3/c1-2-3-12-26-23(30)18-13-19(24(31)27-21-8-6-20(25)7-9-21)16-28(15-18)14-17-4-10-22(29)11-5-17/h4-11,18-19,29H,2-3,12-16H2,1H3,(H,26,30)(H,27,31)/t18-,19+/m0/s1. The highest BCUT2D eigenvalue weighted by atomic mass is 19.1. The van der Waals surface area contributed by atoms with E-state index in [1.807, 2.05) is 12.1 Å². The number of unbranched alkanes of at least 4 members (excludes halogenated alkanes) is 1.